The first-order chi connectivity index (χ1) is 14.8. The smallest absolute Gasteiger partial charge is 0.406 e. The monoisotopic (exact) mass is 434 g/mol. The lowest BCUT2D eigenvalue weighted by atomic mass is 10.1. The maximum absolute atomic E-state index is 12.7. The van der Waals surface area contributed by atoms with E-state index in [1.165, 1.54) is 30.8 Å². The molecule has 1 saturated heterocycles. The molecule has 0 spiro atoms. The molecule has 31 heavy (non-hydrogen) atoms. The SMILES string of the molecule is O=C(Nc1ccc(OC(F)(F)F)cc1)c1cnc(N2CC[C@@H](O)C2)c(-c2cnoc2)c1. The van der Waals surface area contributed by atoms with Crippen molar-refractivity contribution in [3.8, 4) is 16.9 Å². The van der Waals surface area contributed by atoms with E-state index >= 15 is 0 Å². The third-order valence-electron chi connectivity index (χ3n) is 4.68. The lowest BCUT2D eigenvalue weighted by Gasteiger charge is -2.20. The number of amides is 1. The summed E-state index contributed by atoms with van der Waals surface area (Å²) in [7, 11) is 0. The summed E-state index contributed by atoms with van der Waals surface area (Å²) in [6.45, 7) is 1.04. The number of anilines is 2. The molecule has 1 amide bonds. The fourth-order valence-corrected chi connectivity index (χ4v) is 3.26. The zero-order chi connectivity index (χ0) is 22.0. The molecule has 3 aromatic rings. The molecule has 162 valence electrons. The highest BCUT2D eigenvalue weighted by Crippen LogP contribution is 2.32. The largest absolute Gasteiger partial charge is 0.573 e. The molecule has 0 aliphatic carbocycles. The van der Waals surface area contributed by atoms with E-state index in [2.05, 4.69) is 20.2 Å². The van der Waals surface area contributed by atoms with E-state index in [-0.39, 0.29) is 17.0 Å². The first-order valence-electron chi connectivity index (χ1n) is 9.28. The van der Waals surface area contributed by atoms with Gasteiger partial charge in [-0.3, -0.25) is 4.79 Å². The number of alkyl halides is 3. The number of nitrogens with one attached hydrogen (secondary N) is 1. The minimum Gasteiger partial charge on any atom is -0.406 e. The van der Waals surface area contributed by atoms with Gasteiger partial charge < -0.3 is 24.6 Å². The predicted molar refractivity (Wildman–Crippen MR) is 104 cm³/mol. The summed E-state index contributed by atoms with van der Waals surface area (Å²) < 4.78 is 45.5. The van der Waals surface area contributed by atoms with Crippen molar-refractivity contribution in [2.24, 2.45) is 0 Å². The molecule has 1 fully saturated rings. The van der Waals surface area contributed by atoms with E-state index in [9.17, 15) is 23.1 Å². The first-order valence-corrected chi connectivity index (χ1v) is 9.28. The minimum absolute atomic E-state index is 0.232. The Bertz CT molecular complexity index is 1060. The van der Waals surface area contributed by atoms with Gasteiger partial charge in [0.15, 0.2) is 0 Å². The predicted octanol–water partition coefficient (Wildman–Crippen LogP) is 3.46. The van der Waals surface area contributed by atoms with Crippen LogP contribution in [-0.2, 0) is 0 Å². The number of aliphatic hydroxyl groups is 1. The lowest BCUT2D eigenvalue weighted by molar-refractivity contribution is -0.274. The van der Waals surface area contributed by atoms with Gasteiger partial charge in [-0.05, 0) is 36.8 Å². The molecule has 2 N–H and O–H groups in total. The van der Waals surface area contributed by atoms with Crippen LogP contribution in [-0.4, -0.2) is 46.7 Å². The van der Waals surface area contributed by atoms with E-state index < -0.39 is 18.4 Å². The van der Waals surface area contributed by atoms with Gasteiger partial charge in [0.2, 0.25) is 0 Å². The number of carbonyl (C=O) groups is 1. The summed E-state index contributed by atoms with van der Waals surface area (Å²) >= 11 is 0. The molecule has 0 bridgehead atoms. The molecule has 1 aliphatic rings. The Labute approximate surface area is 174 Å². The lowest BCUT2D eigenvalue weighted by Crippen LogP contribution is -2.23. The van der Waals surface area contributed by atoms with Crippen molar-refractivity contribution in [3.63, 3.8) is 0 Å². The van der Waals surface area contributed by atoms with E-state index in [1.807, 2.05) is 4.90 Å². The summed E-state index contributed by atoms with van der Waals surface area (Å²) in [4.78, 5) is 19.0. The molecule has 0 unspecified atom stereocenters. The van der Waals surface area contributed by atoms with Crippen molar-refractivity contribution in [1.82, 2.24) is 10.1 Å². The number of nitrogens with zero attached hydrogens (tertiary/aromatic N) is 3. The van der Waals surface area contributed by atoms with Gasteiger partial charge in [0.05, 0.1) is 17.9 Å². The van der Waals surface area contributed by atoms with Crippen molar-refractivity contribution >= 4 is 17.4 Å². The minimum atomic E-state index is -4.79. The fourth-order valence-electron chi connectivity index (χ4n) is 3.26. The Balaban J connectivity index is 1.55. The molecule has 2 aromatic heterocycles. The third kappa shape index (κ3) is 4.94. The molecule has 0 saturated carbocycles. The van der Waals surface area contributed by atoms with Gasteiger partial charge in [0, 0.05) is 36.1 Å². The second kappa shape index (κ2) is 8.26. The molecule has 3 heterocycles. The van der Waals surface area contributed by atoms with E-state index in [0.717, 1.165) is 12.1 Å². The van der Waals surface area contributed by atoms with Crippen molar-refractivity contribution in [3.05, 3.63) is 54.6 Å². The molecule has 11 heteroatoms. The van der Waals surface area contributed by atoms with Crippen molar-refractivity contribution in [2.75, 3.05) is 23.3 Å². The molecule has 4 rings (SSSR count). The van der Waals surface area contributed by atoms with E-state index in [1.54, 1.807) is 6.07 Å². The number of aromatic nitrogens is 2. The molecular weight excluding hydrogens is 417 g/mol. The second-order valence-electron chi connectivity index (χ2n) is 6.92. The van der Waals surface area contributed by atoms with Gasteiger partial charge in [-0.15, -0.1) is 13.2 Å². The number of β-amino-alcohol motifs (C(OH)–C–C–N with tert-alkyl or cyclic N) is 1. The Hall–Kier alpha value is -3.60. The molecular formula is C20H17F3N4O4. The number of halogens is 3. The summed E-state index contributed by atoms with van der Waals surface area (Å²) in [5.41, 5.74) is 1.75. The standard InChI is InChI=1S/C20H17F3N4O4/c21-20(22,23)31-16-3-1-14(2-4-16)26-19(29)12-7-17(13-9-25-30-11-13)18(24-8-12)27-6-5-15(28)10-27/h1-4,7-9,11,15,28H,5-6,10H2,(H,26,29)/t15-/m1/s1. The van der Waals surface area contributed by atoms with Crippen LogP contribution in [0.1, 0.15) is 16.8 Å². The van der Waals surface area contributed by atoms with Crippen LogP contribution in [0, 0.1) is 0 Å². The number of hydrogen-bond donors (Lipinski definition) is 2. The van der Waals surface area contributed by atoms with Crippen LogP contribution in [0.3, 0.4) is 0 Å². The topological polar surface area (TPSA) is 101 Å². The number of hydrogen-bond acceptors (Lipinski definition) is 7. The van der Waals surface area contributed by atoms with Crippen LogP contribution in [0.5, 0.6) is 5.75 Å². The molecule has 1 aromatic carbocycles. The van der Waals surface area contributed by atoms with Gasteiger partial charge in [0.1, 0.15) is 17.8 Å². The second-order valence-corrected chi connectivity index (χ2v) is 6.92. The average Bonchev–Trinajstić information content (AvgIpc) is 3.40. The summed E-state index contributed by atoms with van der Waals surface area (Å²) in [6, 6.07) is 6.42. The van der Waals surface area contributed by atoms with Gasteiger partial charge in [0.25, 0.3) is 5.91 Å². The Morgan fingerprint density at radius 1 is 1.26 bits per heavy atom. The zero-order valence-electron chi connectivity index (χ0n) is 16.0. The van der Waals surface area contributed by atoms with Gasteiger partial charge in [-0.25, -0.2) is 4.98 Å². The molecule has 1 atom stereocenters. The quantitative estimate of drug-likeness (QED) is 0.634. The van der Waals surface area contributed by atoms with E-state index in [4.69, 9.17) is 4.52 Å². The average molecular weight is 434 g/mol. The number of benzene rings is 1. The van der Waals surface area contributed by atoms with Crippen molar-refractivity contribution < 1.29 is 32.3 Å². The van der Waals surface area contributed by atoms with Crippen LogP contribution < -0.4 is 15.0 Å². The van der Waals surface area contributed by atoms with Crippen LogP contribution in [0.15, 0.2) is 53.5 Å². The number of pyridine rings is 1. The Morgan fingerprint density at radius 3 is 2.65 bits per heavy atom. The van der Waals surface area contributed by atoms with Crippen molar-refractivity contribution in [2.45, 2.75) is 18.9 Å². The zero-order valence-corrected chi connectivity index (χ0v) is 16.0. The summed E-state index contributed by atoms with van der Waals surface area (Å²) in [5, 5.41) is 16.1. The maximum Gasteiger partial charge on any atom is 0.573 e. The Kier molecular flexibility index (Phi) is 5.51. The van der Waals surface area contributed by atoms with Crippen LogP contribution in [0.4, 0.5) is 24.7 Å². The highest BCUT2D eigenvalue weighted by molar-refractivity contribution is 6.05. The number of rotatable bonds is 5. The van der Waals surface area contributed by atoms with Crippen molar-refractivity contribution in [1.29, 1.82) is 0 Å². The highest BCUT2D eigenvalue weighted by atomic mass is 19.4. The molecule has 1 aliphatic heterocycles. The number of ether oxygens (including phenoxy) is 1. The number of carbonyl (C=O) groups excluding carboxylic acids is 1. The summed E-state index contributed by atoms with van der Waals surface area (Å²) in [6.07, 6.45) is -0.317. The number of aliphatic hydroxyl groups excluding tert-OH is 1. The Morgan fingerprint density at radius 2 is 2.03 bits per heavy atom. The summed E-state index contributed by atoms with van der Waals surface area (Å²) in [5.74, 6) is -0.299. The van der Waals surface area contributed by atoms with Gasteiger partial charge in [-0.2, -0.15) is 0 Å². The highest BCUT2D eigenvalue weighted by Gasteiger charge is 2.31. The van der Waals surface area contributed by atoms with Gasteiger partial charge in [-0.1, -0.05) is 5.16 Å². The van der Waals surface area contributed by atoms with Crippen LogP contribution in [0.2, 0.25) is 0 Å². The normalized spacial score (nSPS) is 16.4. The maximum atomic E-state index is 12.7. The third-order valence-corrected chi connectivity index (χ3v) is 4.68. The molecule has 8 nitrogen and oxygen atoms in total. The molecule has 0 radical (unpaired) electrons. The van der Waals surface area contributed by atoms with Crippen LogP contribution in [0.25, 0.3) is 11.1 Å². The van der Waals surface area contributed by atoms with Crippen LogP contribution >= 0.6 is 0 Å². The van der Waals surface area contributed by atoms with E-state index in [0.29, 0.717) is 36.5 Å². The van der Waals surface area contributed by atoms with Gasteiger partial charge >= 0.3 is 6.36 Å². The first kappa shape index (κ1) is 20.7. The fraction of sp³-hybridized carbons (Fsp3) is 0.250.